The van der Waals surface area contributed by atoms with Crippen molar-refractivity contribution in [2.45, 2.75) is 51.0 Å². The number of nitrogens with zero attached hydrogens (tertiary/aromatic N) is 2. The molecule has 3 aromatic heterocycles. The molecule has 0 radical (unpaired) electrons. The van der Waals surface area contributed by atoms with Crippen LogP contribution in [0, 0.1) is 0 Å². The molecule has 6 bridgehead atoms. The fourth-order valence-corrected chi connectivity index (χ4v) is 26.4. The topological polar surface area (TPSA) is 28.3 Å². The van der Waals surface area contributed by atoms with Gasteiger partial charge in [0.1, 0.15) is 0 Å². The summed E-state index contributed by atoms with van der Waals surface area (Å²) in [7, 11) is 0. The Morgan fingerprint density at radius 3 is 0.581 bits per heavy atom. The zero-order valence-electron chi connectivity index (χ0n) is 46.1. The Kier molecular flexibility index (Phi) is 3.78. The van der Waals surface area contributed by atoms with Crippen LogP contribution < -0.4 is 0 Å². The van der Waals surface area contributed by atoms with E-state index in [4.69, 9.17) is 9.47 Å². The highest BCUT2D eigenvalue weighted by molar-refractivity contribution is 6.83. The minimum atomic E-state index is -0.560. The highest BCUT2D eigenvalue weighted by Crippen LogP contribution is 2.80. The van der Waals surface area contributed by atoms with Gasteiger partial charge in [-0.05, 0) is 38.8 Å². The molecule has 31 aromatic carbocycles. The second-order valence-corrected chi connectivity index (χ2v) is 30.6. The normalized spacial score (nSPS) is 18.7. The fourth-order valence-electron chi connectivity index (χ4n) is 26.4. The van der Waals surface area contributed by atoms with Crippen molar-refractivity contribution in [2.24, 2.45) is 0 Å². The number of benzene rings is 20. The number of aromatic nitrogens is 2. The molecule has 0 unspecified atom stereocenters. The van der Waals surface area contributed by atoms with Gasteiger partial charge in [-0.15, -0.1) is 0 Å². The third-order valence-corrected chi connectivity index (χ3v) is 28.1. The lowest BCUT2D eigenvalue weighted by atomic mass is 9.88. The molecule has 4 heteroatoms. The Bertz CT molecular complexity index is 8180. The smallest absolute Gasteiger partial charge is 0.0876 e. The molecular formula is C82H28N2O2. The Hall–Kier alpha value is -9.84. The Labute approximate surface area is 475 Å². The number of hydrogen-bond acceptors (Lipinski definition) is 2. The first-order valence-electron chi connectivity index (χ1n) is 31.9. The van der Waals surface area contributed by atoms with Crippen molar-refractivity contribution >= 4 is 324 Å². The van der Waals surface area contributed by atoms with Gasteiger partial charge in [-0.25, -0.2) is 0 Å². The Morgan fingerprint density at radius 2 is 0.384 bits per heavy atom. The first-order valence-corrected chi connectivity index (χ1v) is 31.9. The van der Waals surface area contributed by atoms with Crippen LogP contribution in [0.3, 0.4) is 0 Å². The maximum Gasteiger partial charge on any atom is 0.0876 e. The van der Waals surface area contributed by atoms with Crippen LogP contribution in [0.2, 0.25) is 0 Å². The summed E-state index contributed by atoms with van der Waals surface area (Å²) in [5.41, 5.74) is 7.15. The quantitative estimate of drug-likeness (QED) is 0.142. The van der Waals surface area contributed by atoms with Gasteiger partial charge in [-0.1, -0.05) is 60.7 Å². The molecule has 4 heterocycles. The minimum absolute atomic E-state index is 0.123. The van der Waals surface area contributed by atoms with E-state index >= 15 is 0 Å². The Balaban J connectivity index is 0.974. The zero-order chi connectivity index (χ0) is 53.0. The lowest BCUT2D eigenvalue weighted by Crippen LogP contribution is -2.37. The molecule has 0 spiro atoms. The van der Waals surface area contributed by atoms with Crippen molar-refractivity contribution in [1.29, 1.82) is 0 Å². The van der Waals surface area contributed by atoms with Crippen LogP contribution >= 0.6 is 0 Å². The van der Waals surface area contributed by atoms with Crippen LogP contribution in [0.5, 0.6) is 0 Å². The molecule has 0 N–H and O–H groups in total. The van der Waals surface area contributed by atoms with Crippen LogP contribution in [0.25, 0.3) is 324 Å². The summed E-state index contributed by atoms with van der Waals surface area (Å²) in [5.74, 6) is 0. The summed E-state index contributed by atoms with van der Waals surface area (Å²) in [5, 5.41) is 89.3. The molecule has 0 saturated carbocycles. The van der Waals surface area contributed by atoms with Crippen molar-refractivity contribution in [3.63, 3.8) is 0 Å². The Morgan fingerprint density at radius 1 is 0.221 bits per heavy atom. The van der Waals surface area contributed by atoms with Crippen LogP contribution in [0.4, 0.5) is 0 Å². The molecule has 0 fully saturated rings. The maximum atomic E-state index is 7.84. The predicted octanol–water partition coefficient (Wildman–Crippen LogP) is 22.5. The monoisotopic (exact) mass is 1070 g/mol. The number of ether oxygens (including phenoxy) is 2. The van der Waals surface area contributed by atoms with Gasteiger partial charge in [0.05, 0.1) is 58.6 Å². The van der Waals surface area contributed by atoms with E-state index in [1.807, 2.05) is 0 Å². The van der Waals surface area contributed by atoms with E-state index in [1.54, 1.807) is 275 Å². The molecule has 1 aliphatic heterocycles. The highest BCUT2D eigenvalue weighted by atomic mass is 16.5. The van der Waals surface area contributed by atoms with Gasteiger partial charge in [-0.3, -0.25) is 0 Å². The van der Waals surface area contributed by atoms with Gasteiger partial charge in [0.2, 0.25) is 0 Å². The van der Waals surface area contributed by atoms with Gasteiger partial charge >= 0.3 is 0 Å². The van der Waals surface area contributed by atoms with E-state index < -0.39 is 11.2 Å². The standard InChI is InChI=1S/C82H28N2O2/c1-81(2,17-11-7-5-8-12-17)85-15-19-20(16-86-82(3,4)18-13-9-6-10-14-18)84-78-73-64-54-44-34-27-22-21-23-25-24(22)31-36(34)46-48-38(31)40-32(25)39-37-30(23)35-33-26(21)28-29(27)42(44)52-51-41(28)43(33)53-55-45(35)47(37)57-59-49(39)50(40)60-58(48)68(66(73)56(46)54)75-70(60)69(59)74-67(57)65(55)72-63(53)61(51)71(62(52)64)76(78)77(72)83(19)79(74)80(75)84/h5-14,19-20H,15-16H2,1-4H3/t19-,20-/m0/s1. The van der Waals surface area contributed by atoms with Crippen molar-refractivity contribution in [1.82, 2.24) is 9.13 Å². The van der Waals surface area contributed by atoms with E-state index in [0.717, 1.165) is 0 Å². The summed E-state index contributed by atoms with van der Waals surface area (Å²) in [6.07, 6.45) is 0. The lowest BCUT2D eigenvalue weighted by Gasteiger charge is -2.39. The maximum absolute atomic E-state index is 7.84. The van der Waals surface area contributed by atoms with Crippen molar-refractivity contribution < 1.29 is 9.47 Å². The summed E-state index contributed by atoms with van der Waals surface area (Å²) < 4.78 is 21.8. The zero-order valence-corrected chi connectivity index (χ0v) is 46.1. The second-order valence-electron chi connectivity index (χ2n) is 30.6. The van der Waals surface area contributed by atoms with E-state index in [-0.39, 0.29) is 12.1 Å². The predicted molar refractivity (Wildman–Crippen MR) is 363 cm³/mol. The van der Waals surface area contributed by atoms with Gasteiger partial charge < -0.3 is 18.6 Å². The fraction of sp³-hybridized carbons (Fsp3) is 0.122. The van der Waals surface area contributed by atoms with Gasteiger partial charge in [-0.2, -0.15) is 0 Å². The van der Waals surface area contributed by atoms with Crippen molar-refractivity contribution in [3.05, 3.63) is 71.8 Å². The molecule has 86 heavy (non-hydrogen) atoms. The van der Waals surface area contributed by atoms with E-state index in [9.17, 15) is 0 Å². The average Bonchev–Trinajstić information content (AvgIpc) is 1.40. The van der Waals surface area contributed by atoms with E-state index in [0.29, 0.717) is 13.2 Å². The third kappa shape index (κ3) is 2.36. The molecule has 0 amide bonds. The summed E-state index contributed by atoms with van der Waals surface area (Å²) in [6.45, 7) is 10.3. The molecule has 0 aliphatic carbocycles. The second kappa shape index (κ2) is 9.01. The molecule has 1 aliphatic rings. The van der Waals surface area contributed by atoms with Crippen LogP contribution in [0.1, 0.15) is 50.9 Å². The molecule has 4 nitrogen and oxygen atoms in total. The largest absolute Gasteiger partial charge is 0.369 e. The third-order valence-electron chi connectivity index (χ3n) is 28.1. The SMILES string of the molecule is CC(C)(OC[C@H]1[C@H](COC(C)(C)c2ccccc2)n2c3c4c5c6c7c8c9c%10c%11c%12c%13c%10c%10c8c8c%14c%10c%10c%13c%13c%15c%12c%12c%16c%11c%11c9c7c7c9c%11c%16c%11c%16c%12c%15c%12c%15c%13c%10c%10c%14c(c4c86)c4c%10c%15c6c%12c%16c8c%11c9c(c75)c3c8n1c6c42)c1ccccc1. The lowest BCUT2D eigenvalue weighted by molar-refractivity contribution is -0.0713. The minimum Gasteiger partial charge on any atom is -0.369 e. The first kappa shape index (κ1) is 36.1. The molecular weight excluding hydrogens is 1040 g/mol. The van der Waals surface area contributed by atoms with Crippen LogP contribution in [-0.2, 0) is 20.7 Å². The average molecular weight is 1070 g/mol. The summed E-state index contributed by atoms with van der Waals surface area (Å²) in [6, 6.07) is 21.9. The van der Waals surface area contributed by atoms with Crippen LogP contribution in [0.15, 0.2) is 60.7 Å². The molecule has 34 aromatic rings. The van der Waals surface area contributed by atoms with Crippen molar-refractivity contribution in [3.8, 4) is 0 Å². The van der Waals surface area contributed by atoms with Gasteiger partial charge in [0.25, 0.3) is 0 Å². The molecule has 35 rings (SSSR count). The molecule has 378 valence electrons. The van der Waals surface area contributed by atoms with E-state index in [1.165, 1.54) is 60.1 Å². The number of rotatable bonds is 8. The van der Waals surface area contributed by atoms with Gasteiger partial charge in [0, 0.05) is 302 Å². The highest BCUT2D eigenvalue weighted by Gasteiger charge is 2.53. The summed E-state index contributed by atoms with van der Waals surface area (Å²) in [4.78, 5) is 0. The number of hydrogen-bond donors (Lipinski definition) is 0. The van der Waals surface area contributed by atoms with E-state index in [2.05, 4.69) is 97.5 Å². The molecule has 2 atom stereocenters. The molecule has 0 saturated heterocycles. The van der Waals surface area contributed by atoms with Gasteiger partial charge in [0.15, 0.2) is 0 Å². The van der Waals surface area contributed by atoms with Crippen molar-refractivity contribution in [2.75, 3.05) is 13.2 Å². The summed E-state index contributed by atoms with van der Waals surface area (Å²) >= 11 is 0. The first-order chi connectivity index (χ1) is 42.4. The van der Waals surface area contributed by atoms with Crippen LogP contribution in [-0.4, -0.2) is 22.3 Å².